The summed E-state index contributed by atoms with van der Waals surface area (Å²) in [5.74, 6) is -0.545. The summed E-state index contributed by atoms with van der Waals surface area (Å²) in [5.41, 5.74) is 0. The van der Waals surface area contributed by atoms with Gasteiger partial charge in [0.2, 0.25) is 5.91 Å². The van der Waals surface area contributed by atoms with Crippen LogP contribution in [0.5, 0.6) is 0 Å². The first-order chi connectivity index (χ1) is 9.16. The molecule has 0 aliphatic carbocycles. The minimum Gasteiger partial charge on any atom is -0.481 e. The number of amides is 1. The van der Waals surface area contributed by atoms with Crippen LogP contribution in [0.3, 0.4) is 0 Å². The van der Waals surface area contributed by atoms with Crippen LogP contribution in [0.4, 0.5) is 0 Å². The van der Waals surface area contributed by atoms with Crippen molar-refractivity contribution in [2.75, 3.05) is 6.54 Å². The maximum Gasteiger partial charge on any atom is 0.303 e. The van der Waals surface area contributed by atoms with Gasteiger partial charge in [-0.1, -0.05) is 51.9 Å². The Kier molecular flexibility index (Phi) is 12.6. The number of aliphatic carboxylic acids is 1. The van der Waals surface area contributed by atoms with Crippen molar-refractivity contribution in [1.82, 2.24) is 5.32 Å². The van der Waals surface area contributed by atoms with Crippen molar-refractivity contribution in [1.29, 1.82) is 0 Å². The number of carboxylic acid groups (broad SMARTS) is 1. The van der Waals surface area contributed by atoms with Gasteiger partial charge < -0.3 is 10.4 Å². The molecule has 0 atom stereocenters. The second kappa shape index (κ2) is 13.4. The van der Waals surface area contributed by atoms with Crippen molar-refractivity contribution in [3.05, 3.63) is 0 Å². The van der Waals surface area contributed by atoms with Crippen LogP contribution in [0, 0.1) is 0 Å². The first-order valence-corrected chi connectivity index (χ1v) is 7.65. The third-order valence-corrected chi connectivity index (χ3v) is 3.21. The predicted octanol–water partition coefficient (Wildman–Crippen LogP) is 3.50. The van der Waals surface area contributed by atoms with Gasteiger partial charge >= 0.3 is 5.97 Å². The highest BCUT2D eigenvalue weighted by atomic mass is 16.4. The number of carboxylic acids is 1. The summed E-state index contributed by atoms with van der Waals surface area (Å²) in [6, 6.07) is 0. The molecule has 0 bridgehead atoms. The van der Waals surface area contributed by atoms with Gasteiger partial charge in [-0.15, -0.1) is 0 Å². The summed E-state index contributed by atoms with van der Waals surface area (Å²) in [4.78, 5) is 21.3. The topological polar surface area (TPSA) is 66.4 Å². The fourth-order valence-electron chi connectivity index (χ4n) is 1.99. The number of carbonyl (C=O) groups excluding carboxylic acids is 1. The summed E-state index contributed by atoms with van der Waals surface area (Å²) in [6.45, 7) is 2.67. The number of hydrogen-bond acceptors (Lipinski definition) is 2. The number of rotatable bonds is 13. The molecule has 0 aliphatic rings. The molecule has 0 saturated carbocycles. The normalized spacial score (nSPS) is 10.4. The van der Waals surface area contributed by atoms with E-state index in [9.17, 15) is 9.59 Å². The Bertz CT molecular complexity index is 242. The second-order valence-electron chi connectivity index (χ2n) is 5.03. The summed E-state index contributed by atoms with van der Waals surface area (Å²) in [7, 11) is 0. The lowest BCUT2D eigenvalue weighted by Gasteiger charge is -2.04. The van der Waals surface area contributed by atoms with Gasteiger partial charge in [0.05, 0.1) is 0 Å². The van der Waals surface area contributed by atoms with E-state index in [1.54, 1.807) is 0 Å². The van der Waals surface area contributed by atoms with Crippen molar-refractivity contribution in [2.24, 2.45) is 0 Å². The van der Waals surface area contributed by atoms with Gasteiger partial charge in [0.25, 0.3) is 0 Å². The Morgan fingerprint density at radius 3 is 1.79 bits per heavy atom. The van der Waals surface area contributed by atoms with Crippen LogP contribution in [0.2, 0.25) is 0 Å². The molecule has 0 aromatic rings. The second-order valence-corrected chi connectivity index (χ2v) is 5.03. The van der Waals surface area contributed by atoms with Crippen molar-refractivity contribution < 1.29 is 14.7 Å². The van der Waals surface area contributed by atoms with Gasteiger partial charge in [0, 0.05) is 19.4 Å². The molecule has 19 heavy (non-hydrogen) atoms. The summed E-state index contributed by atoms with van der Waals surface area (Å²) in [6.07, 6.45) is 11.1. The molecule has 2 N–H and O–H groups in total. The van der Waals surface area contributed by atoms with E-state index in [1.165, 1.54) is 32.1 Å². The van der Waals surface area contributed by atoms with Crippen molar-refractivity contribution in [2.45, 2.75) is 77.6 Å². The van der Waals surface area contributed by atoms with Crippen molar-refractivity contribution in [3.63, 3.8) is 0 Å². The van der Waals surface area contributed by atoms with Crippen LogP contribution in [0.15, 0.2) is 0 Å². The van der Waals surface area contributed by atoms with E-state index in [-0.39, 0.29) is 5.91 Å². The zero-order valence-electron chi connectivity index (χ0n) is 12.2. The molecular formula is C15H29NO3. The quantitative estimate of drug-likeness (QED) is 0.504. The minimum atomic E-state index is -0.685. The number of hydrogen-bond donors (Lipinski definition) is 2. The molecule has 0 radical (unpaired) electrons. The fourth-order valence-corrected chi connectivity index (χ4v) is 1.99. The Hall–Kier alpha value is -1.06. The molecule has 4 nitrogen and oxygen atoms in total. The molecule has 0 rings (SSSR count). The van der Waals surface area contributed by atoms with Gasteiger partial charge in [0.1, 0.15) is 0 Å². The lowest BCUT2D eigenvalue weighted by Crippen LogP contribution is -2.23. The highest BCUT2D eigenvalue weighted by Crippen LogP contribution is 2.10. The van der Waals surface area contributed by atoms with Crippen LogP contribution in [-0.4, -0.2) is 23.5 Å². The first kappa shape index (κ1) is 17.9. The smallest absolute Gasteiger partial charge is 0.303 e. The van der Waals surface area contributed by atoms with Crippen LogP contribution in [0.1, 0.15) is 77.6 Å². The van der Waals surface area contributed by atoms with E-state index in [4.69, 9.17) is 5.11 Å². The largest absolute Gasteiger partial charge is 0.481 e. The molecule has 0 aliphatic heterocycles. The maximum atomic E-state index is 11.0. The molecule has 0 fully saturated rings. The van der Waals surface area contributed by atoms with E-state index in [0.717, 1.165) is 32.2 Å². The standard InChI is InChI=1S/C15H29NO3/c1-2-14(17)16-13-11-9-7-5-3-4-6-8-10-12-15(18)19/h2-13H2,1H3,(H,16,17)(H,18,19). The molecule has 0 aromatic heterocycles. The van der Waals surface area contributed by atoms with Crippen LogP contribution >= 0.6 is 0 Å². The Balaban J connectivity index is 3.03. The number of nitrogens with one attached hydrogen (secondary N) is 1. The van der Waals surface area contributed by atoms with Gasteiger partial charge in [0.15, 0.2) is 0 Å². The van der Waals surface area contributed by atoms with E-state index in [0.29, 0.717) is 12.8 Å². The van der Waals surface area contributed by atoms with Crippen molar-refractivity contribution >= 4 is 11.9 Å². The summed E-state index contributed by atoms with van der Waals surface area (Å²) in [5, 5.41) is 11.4. The van der Waals surface area contributed by atoms with Gasteiger partial charge in [-0.25, -0.2) is 0 Å². The molecule has 1 amide bonds. The summed E-state index contributed by atoms with van der Waals surface area (Å²) >= 11 is 0. The predicted molar refractivity (Wildman–Crippen MR) is 77.1 cm³/mol. The Labute approximate surface area is 117 Å². The van der Waals surface area contributed by atoms with E-state index < -0.39 is 5.97 Å². The molecule has 112 valence electrons. The van der Waals surface area contributed by atoms with Gasteiger partial charge in [-0.2, -0.15) is 0 Å². The van der Waals surface area contributed by atoms with E-state index >= 15 is 0 Å². The molecular weight excluding hydrogens is 242 g/mol. The highest BCUT2D eigenvalue weighted by molar-refractivity contribution is 5.75. The maximum absolute atomic E-state index is 11.0. The molecule has 0 aromatic carbocycles. The van der Waals surface area contributed by atoms with E-state index in [2.05, 4.69) is 5.32 Å². The average molecular weight is 271 g/mol. The molecule has 0 unspecified atom stereocenters. The summed E-state index contributed by atoms with van der Waals surface area (Å²) < 4.78 is 0. The zero-order valence-corrected chi connectivity index (χ0v) is 12.2. The molecule has 4 heteroatoms. The monoisotopic (exact) mass is 271 g/mol. The Morgan fingerprint density at radius 2 is 1.32 bits per heavy atom. The molecule has 0 heterocycles. The lowest BCUT2D eigenvalue weighted by atomic mass is 10.1. The fraction of sp³-hybridized carbons (Fsp3) is 0.867. The van der Waals surface area contributed by atoms with Gasteiger partial charge in [-0.3, -0.25) is 9.59 Å². The average Bonchev–Trinajstić information content (AvgIpc) is 2.39. The van der Waals surface area contributed by atoms with Crippen LogP contribution < -0.4 is 5.32 Å². The van der Waals surface area contributed by atoms with Crippen molar-refractivity contribution in [3.8, 4) is 0 Å². The van der Waals surface area contributed by atoms with Crippen LogP contribution in [-0.2, 0) is 9.59 Å². The number of unbranched alkanes of at least 4 members (excludes halogenated alkanes) is 8. The molecule has 0 spiro atoms. The SMILES string of the molecule is CCC(=O)NCCCCCCCCCCCC(=O)O. The highest BCUT2D eigenvalue weighted by Gasteiger charge is 1.97. The Morgan fingerprint density at radius 1 is 0.842 bits per heavy atom. The van der Waals surface area contributed by atoms with Gasteiger partial charge in [-0.05, 0) is 12.8 Å². The van der Waals surface area contributed by atoms with E-state index in [1.807, 2.05) is 6.92 Å². The third-order valence-electron chi connectivity index (χ3n) is 3.21. The molecule has 0 saturated heterocycles. The third kappa shape index (κ3) is 14.9. The van der Waals surface area contributed by atoms with Crippen LogP contribution in [0.25, 0.3) is 0 Å². The number of carbonyl (C=O) groups is 2. The zero-order chi connectivity index (χ0) is 14.3. The lowest BCUT2D eigenvalue weighted by molar-refractivity contribution is -0.137. The first-order valence-electron chi connectivity index (χ1n) is 7.65. The minimum absolute atomic E-state index is 0.140.